The van der Waals surface area contributed by atoms with Crippen LogP contribution in [0.3, 0.4) is 0 Å². The topological polar surface area (TPSA) is 110 Å². The number of ether oxygens (including phenoxy) is 1. The quantitative estimate of drug-likeness (QED) is 0.436. The zero-order valence-electron chi connectivity index (χ0n) is 23.4. The third-order valence-electron chi connectivity index (χ3n) is 8.04. The third kappa shape index (κ3) is 6.74. The number of carbonyl (C=O) groups excluding carboxylic acids is 2. The van der Waals surface area contributed by atoms with Crippen LogP contribution in [0.5, 0.6) is 0 Å². The van der Waals surface area contributed by atoms with Gasteiger partial charge in [0.25, 0.3) is 0 Å². The van der Waals surface area contributed by atoms with E-state index in [1.165, 1.54) is 0 Å². The minimum absolute atomic E-state index is 0.0641. The van der Waals surface area contributed by atoms with Gasteiger partial charge in [0.05, 0.1) is 13.2 Å². The van der Waals surface area contributed by atoms with Crippen LogP contribution in [0.2, 0.25) is 0 Å². The van der Waals surface area contributed by atoms with E-state index in [9.17, 15) is 9.59 Å². The molecule has 3 aromatic rings. The Labute approximate surface area is 236 Å². The van der Waals surface area contributed by atoms with Crippen LogP contribution in [-0.2, 0) is 19.9 Å². The van der Waals surface area contributed by atoms with Crippen molar-refractivity contribution in [2.75, 3.05) is 31.6 Å². The number of nitrogens with zero attached hydrogens (tertiary/aromatic N) is 3. The summed E-state index contributed by atoms with van der Waals surface area (Å²) in [5, 5.41) is 11.9. The summed E-state index contributed by atoms with van der Waals surface area (Å²) in [6, 6.07) is 20.0. The van der Waals surface area contributed by atoms with Crippen LogP contribution in [0.1, 0.15) is 51.5 Å². The van der Waals surface area contributed by atoms with Crippen molar-refractivity contribution in [1.29, 1.82) is 0 Å². The van der Waals surface area contributed by atoms with Crippen molar-refractivity contribution in [3.8, 4) is 22.4 Å². The average molecular weight is 542 g/mol. The van der Waals surface area contributed by atoms with E-state index in [1.807, 2.05) is 79.4 Å². The summed E-state index contributed by atoms with van der Waals surface area (Å²) in [4.78, 5) is 27.8. The molecule has 0 radical (unpaired) electrons. The molecule has 0 atom stereocenters. The molecule has 1 aliphatic carbocycles. The highest BCUT2D eigenvalue weighted by Crippen LogP contribution is 2.34. The van der Waals surface area contributed by atoms with Crippen LogP contribution in [0.4, 0.5) is 5.82 Å². The maximum Gasteiger partial charge on any atom is 0.225 e. The second kappa shape index (κ2) is 12.3. The molecule has 0 bridgehead atoms. The van der Waals surface area contributed by atoms with E-state index >= 15 is 0 Å². The fourth-order valence-corrected chi connectivity index (χ4v) is 5.67. The summed E-state index contributed by atoms with van der Waals surface area (Å²) in [5.74, 6) is 0.938. The first-order valence-corrected chi connectivity index (χ1v) is 14.3. The van der Waals surface area contributed by atoms with E-state index < -0.39 is 5.54 Å². The molecule has 2 fully saturated rings. The molecule has 2 aromatic carbocycles. The number of carbonyl (C=O) groups is 2. The normalized spacial score (nSPS) is 19.7. The molecule has 2 amide bonds. The molecule has 0 unspecified atom stereocenters. The fraction of sp³-hybridized carbons (Fsp3) is 0.438. The predicted molar refractivity (Wildman–Crippen MR) is 156 cm³/mol. The molecule has 1 saturated carbocycles. The van der Waals surface area contributed by atoms with Crippen LogP contribution >= 0.6 is 0 Å². The average Bonchev–Trinajstić information content (AvgIpc) is 2.98. The van der Waals surface area contributed by atoms with Gasteiger partial charge in [-0.3, -0.25) is 9.59 Å². The van der Waals surface area contributed by atoms with Gasteiger partial charge in [-0.05, 0) is 62.6 Å². The third-order valence-corrected chi connectivity index (χ3v) is 8.04. The molecule has 3 N–H and O–H groups in total. The van der Waals surface area contributed by atoms with E-state index in [2.05, 4.69) is 15.5 Å². The van der Waals surface area contributed by atoms with E-state index in [1.54, 1.807) is 0 Å². The molecule has 5 rings (SSSR count). The molecule has 8 heteroatoms. The highest BCUT2D eigenvalue weighted by atomic mass is 16.5. The summed E-state index contributed by atoms with van der Waals surface area (Å²) in [5.41, 5.74) is 10.4. The van der Waals surface area contributed by atoms with Gasteiger partial charge in [0, 0.05) is 42.1 Å². The van der Waals surface area contributed by atoms with Crippen molar-refractivity contribution in [3.05, 3.63) is 66.2 Å². The van der Waals surface area contributed by atoms with E-state index in [4.69, 9.17) is 10.5 Å². The van der Waals surface area contributed by atoms with Gasteiger partial charge in [-0.1, -0.05) is 54.6 Å². The lowest BCUT2D eigenvalue weighted by Crippen LogP contribution is -2.44. The Morgan fingerprint density at radius 3 is 2.27 bits per heavy atom. The SMILES string of the molecule is CC(C)(N)c1ccc(-c2nnc(NC(=O)CC3CCC(C(=O)N4CCOCC4)CC3)cc2-c2ccccc2)cc1. The maximum absolute atomic E-state index is 13.0. The van der Waals surface area contributed by atoms with Crippen molar-refractivity contribution in [2.24, 2.45) is 17.6 Å². The van der Waals surface area contributed by atoms with Gasteiger partial charge in [0.2, 0.25) is 11.8 Å². The Balaban J connectivity index is 1.25. The zero-order valence-corrected chi connectivity index (χ0v) is 23.4. The van der Waals surface area contributed by atoms with Gasteiger partial charge in [0.15, 0.2) is 5.82 Å². The van der Waals surface area contributed by atoms with Crippen molar-refractivity contribution in [2.45, 2.75) is 51.5 Å². The Bertz CT molecular complexity index is 1310. The highest BCUT2D eigenvalue weighted by Gasteiger charge is 2.31. The molecule has 1 aromatic heterocycles. The number of nitrogens with two attached hydrogens (primary N) is 1. The van der Waals surface area contributed by atoms with Crippen molar-refractivity contribution in [1.82, 2.24) is 15.1 Å². The number of morpholine rings is 1. The summed E-state index contributed by atoms with van der Waals surface area (Å²) in [7, 11) is 0. The smallest absolute Gasteiger partial charge is 0.225 e. The number of hydrogen-bond acceptors (Lipinski definition) is 6. The predicted octanol–water partition coefficient (Wildman–Crippen LogP) is 5.00. The van der Waals surface area contributed by atoms with E-state index in [0.29, 0.717) is 38.5 Å². The minimum Gasteiger partial charge on any atom is -0.378 e. The number of amides is 2. The molecule has 1 aliphatic heterocycles. The molecular weight excluding hydrogens is 502 g/mol. The van der Waals surface area contributed by atoms with Crippen molar-refractivity contribution in [3.63, 3.8) is 0 Å². The van der Waals surface area contributed by atoms with E-state index in [-0.39, 0.29) is 23.7 Å². The van der Waals surface area contributed by atoms with Gasteiger partial charge in [-0.15, -0.1) is 10.2 Å². The molecule has 210 valence electrons. The second-order valence-corrected chi connectivity index (χ2v) is 11.6. The number of hydrogen-bond donors (Lipinski definition) is 2. The minimum atomic E-state index is -0.432. The van der Waals surface area contributed by atoms with Gasteiger partial charge < -0.3 is 20.7 Å². The standard InChI is InChI=1S/C32H39N5O3/c1-32(2,33)26-14-12-24(13-15-26)30-27(23-6-4-3-5-7-23)21-28(35-36-30)34-29(38)20-22-8-10-25(11-9-22)31(39)37-16-18-40-19-17-37/h3-7,12-15,21-22,25H,8-11,16-20,33H2,1-2H3,(H,34,35,38). The number of anilines is 1. The summed E-state index contributed by atoms with van der Waals surface area (Å²) < 4.78 is 5.37. The molecule has 1 saturated heterocycles. The molecule has 2 aliphatic rings. The largest absolute Gasteiger partial charge is 0.378 e. The van der Waals surface area contributed by atoms with Crippen LogP contribution in [-0.4, -0.2) is 53.2 Å². The van der Waals surface area contributed by atoms with Crippen LogP contribution in [0, 0.1) is 11.8 Å². The molecule has 8 nitrogen and oxygen atoms in total. The van der Waals surface area contributed by atoms with Gasteiger partial charge >= 0.3 is 0 Å². The molecule has 40 heavy (non-hydrogen) atoms. The Hall–Kier alpha value is -3.62. The van der Waals surface area contributed by atoms with Crippen LogP contribution in [0.25, 0.3) is 22.4 Å². The number of nitrogens with one attached hydrogen (secondary N) is 1. The van der Waals surface area contributed by atoms with E-state index in [0.717, 1.165) is 53.6 Å². The first-order valence-electron chi connectivity index (χ1n) is 14.3. The molecule has 2 heterocycles. The van der Waals surface area contributed by atoms with Gasteiger partial charge in [0.1, 0.15) is 5.69 Å². The van der Waals surface area contributed by atoms with Gasteiger partial charge in [-0.2, -0.15) is 0 Å². The first kappa shape index (κ1) is 27.9. The lowest BCUT2D eigenvalue weighted by Gasteiger charge is -2.33. The Morgan fingerprint density at radius 2 is 1.62 bits per heavy atom. The fourth-order valence-electron chi connectivity index (χ4n) is 5.67. The maximum atomic E-state index is 13.0. The van der Waals surface area contributed by atoms with Crippen LogP contribution in [0.15, 0.2) is 60.7 Å². The van der Waals surface area contributed by atoms with Crippen LogP contribution < -0.4 is 11.1 Å². The number of benzene rings is 2. The highest BCUT2D eigenvalue weighted by molar-refractivity contribution is 5.91. The van der Waals surface area contributed by atoms with Crippen molar-refractivity contribution >= 4 is 17.6 Å². The zero-order chi connectivity index (χ0) is 28.1. The summed E-state index contributed by atoms with van der Waals surface area (Å²) in [6.45, 7) is 6.56. The Kier molecular flexibility index (Phi) is 8.57. The molecule has 0 spiro atoms. The summed E-state index contributed by atoms with van der Waals surface area (Å²) >= 11 is 0. The number of aromatic nitrogens is 2. The van der Waals surface area contributed by atoms with Gasteiger partial charge in [-0.25, -0.2) is 0 Å². The lowest BCUT2D eigenvalue weighted by atomic mass is 9.79. The summed E-state index contributed by atoms with van der Waals surface area (Å²) in [6.07, 6.45) is 3.84. The monoisotopic (exact) mass is 541 g/mol. The first-order chi connectivity index (χ1) is 19.3. The second-order valence-electron chi connectivity index (χ2n) is 11.6. The lowest BCUT2D eigenvalue weighted by molar-refractivity contribution is -0.141. The Morgan fingerprint density at radius 1 is 0.950 bits per heavy atom. The molecular formula is C32H39N5O3. The number of rotatable bonds is 7. The van der Waals surface area contributed by atoms with Crippen molar-refractivity contribution < 1.29 is 14.3 Å².